The van der Waals surface area contributed by atoms with E-state index in [0.29, 0.717) is 23.8 Å². The van der Waals surface area contributed by atoms with Crippen molar-refractivity contribution >= 4 is 5.97 Å². The van der Waals surface area contributed by atoms with E-state index in [1.54, 1.807) is 23.7 Å². The fraction of sp³-hybridized carbons (Fsp3) is 0.211. The molecule has 1 heterocycles. The number of aryl methyl sites for hydroxylation is 1. The molecule has 3 rings (SSSR count). The standard InChI is InChI=1S/C19H19N3O3/c1-4-24-17-11-6-5-10-16(17)22-14(3)18(20-21-22)19(23)25-15-9-7-8-13(2)12-15/h5-12H,4H2,1-3H3. The van der Waals surface area contributed by atoms with Gasteiger partial charge in [-0.2, -0.15) is 0 Å². The lowest BCUT2D eigenvalue weighted by atomic mass is 10.2. The van der Waals surface area contributed by atoms with Gasteiger partial charge in [-0.1, -0.05) is 29.5 Å². The van der Waals surface area contributed by atoms with Gasteiger partial charge in [0.1, 0.15) is 17.2 Å². The smallest absolute Gasteiger partial charge is 0.366 e. The first-order valence-corrected chi connectivity index (χ1v) is 8.03. The maximum absolute atomic E-state index is 12.4. The van der Waals surface area contributed by atoms with E-state index in [1.807, 2.05) is 50.2 Å². The summed E-state index contributed by atoms with van der Waals surface area (Å²) in [5.74, 6) is 0.619. The van der Waals surface area contributed by atoms with Crippen molar-refractivity contribution < 1.29 is 14.3 Å². The number of esters is 1. The summed E-state index contributed by atoms with van der Waals surface area (Å²) in [6.45, 7) is 6.15. The molecule has 3 aromatic rings. The highest BCUT2D eigenvalue weighted by Gasteiger charge is 2.21. The average Bonchev–Trinajstić information content (AvgIpc) is 2.97. The Morgan fingerprint density at radius 3 is 2.68 bits per heavy atom. The van der Waals surface area contributed by atoms with Gasteiger partial charge in [-0.25, -0.2) is 9.48 Å². The van der Waals surface area contributed by atoms with Crippen molar-refractivity contribution in [2.24, 2.45) is 0 Å². The summed E-state index contributed by atoms with van der Waals surface area (Å²) in [6, 6.07) is 14.8. The number of carbonyl (C=O) groups is 1. The largest absolute Gasteiger partial charge is 0.492 e. The molecule has 0 atom stereocenters. The Morgan fingerprint density at radius 1 is 1.12 bits per heavy atom. The van der Waals surface area contributed by atoms with Crippen LogP contribution in [0.5, 0.6) is 11.5 Å². The van der Waals surface area contributed by atoms with Gasteiger partial charge in [-0.15, -0.1) is 5.10 Å². The number of hydrogen-bond acceptors (Lipinski definition) is 5. The van der Waals surface area contributed by atoms with Crippen LogP contribution in [0.15, 0.2) is 48.5 Å². The van der Waals surface area contributed by atoms with Crippen LogP contribution < -0.4 is 9.47 Å². The summed E-state index contributed by atoms with van der Waals surface area (Å²) in [6.07, 6.45) is 0. The normalized spacial score (nSPS) is 10.5. The van der Waals surface area contributed by atoms with E-state index in [-0.39, 0.29) is 5.69 Å². The Kier molecular flexibility index (Phi) is 4.79. The summed E-state index contributed by atoms with van der Waals surface area (Å²) in [4.78, 5) is 12.4. The summed E-state index contributed by atoms with van der Waals surface area (Å²) in [7, 11) is 0. The second-order valence-corrected chi connectivity index (χ2v) is 5.54. The molecule has 1 aromatic heterocycles. The number of hydrogen-bond donors (Lipinski definition) is 0. The van der Waals surface area contributed by atoms with Crippen molar-refractivity contribution in [3.63, 3.8) is 0 Å². The highest BCUT2D eigenvalue weighted by molar-refractivity contribution is 5.90. The van der Waals surface area contributed by atoms with E-state index in [1.165, 1.54) is 0 Å². The Labute approximate surface area is 146 Å². The summed E-state index contributed by atoms with van der Waals surface area (Å²) >= 11 is 0. The van der Waals surface area contributed by atoms with Crippen molar-refractivity contribution in [2.45, 2.75) is 20.8 Å². The summed E-state index contributed by atoms with van der Waals surface area (Å²) in [5, 5.41) is 8.09. The van der Waals surface area contributed by atoms with Crippen molar-refractivity contribution in [1.29, 1.82) is 0 Å². The molecular weight excluding hydrogens is 318 g/mol. The second-order valence-electron chi connectivity index (χ2n) is 5.54. The molecule has 2 aromatic carbocycles. The summed E-state index contributed by atoms with van der Waals surface area (Å²) < 4.78 is 12.6. The molecule has 6 nitrogen and oxygen atoms in total. The third-order valence-corrected chi connectivity index (χ3v) is 3.68. The zero-order chi connectivity index (χ0) is 17.8. The van der Waals surface area contributed by atoms with Crippen LogP contribution in [0.1, 0.15) is 28.7 Å². The van der Waals surface area contributed by atoms with Crippen LogP contribution in [0.25, 0.3) is 5.69 Å². The van der Waals surface area contributed by atoms with E-state index in [4.69, 9.17) is 9.47 Å². The number of benzene rings is 2. The number of para-hydroxylation sites is 2. The Hall–Kier alpha value is -3.15. The maximum Gasteiger partial charge on any atom is 0.366 e. The van der Waals surface area contributed by atoms with Crippen molar-refractivity contribution in [1.82, 2.24) is 15.0 Å². The predicted octanol–water partition coefficient (Wildman–Crippen LogP) is 3.50. The van der Waals surface area contributed by atoms with E-state index < -0.39 is 5.97 Å². The first-order chi connectivity index (χ1) is 12.1. The van der Waals surface area contributed by atoms with E-state index in [9.17, 15) is 4.79 Å². The van der Waals surface area contributed by atoms with E-state index in [2.05, 4.69) is 10.3 Å². The minimum Gasteiger partial charge on any atom is -0.492 e. The van der Waals surface area contributed by atoms with Gasteiger partial charge in [0.2, 0.25) is 0 Å². The molecule has 0 saturated heterocycles. The molecule has 0 unspecified atom stereocenters. The topological polar surface area (TPSA) is 66.2 Å². The molecule has 0 radical (unpaired) electrons. The fourth-order valence-corrected chi connectivity index (χ4v) is 2.49. The average molecular weight is 337 g/mol. The minimum atomic E-state index is -0.539. The molecule has 0 fully saturated rings. The number of ether oxygens (including phenoxy) is 2. The molecule has 128 valence electrons. The fourth-order valence-electron chi connectivity index (χ4n) is 2.49. The van der Waals surface area contributed by atoms with E-state index >= 15 is 0 Å². The molecule has 25 heavy (non-hydrogen) atoms. The zero-order valence-corrected chi connectivity index (χ0v) is 14.4. The monoisotopic (exact) mass is 337 g/mol. The van der Waals surface area contributed by atoms with Crippen LogP contribution in [0, 0.1) is 13.8 Å². The first kappa shape index (κ1) is 16.7. The molecule has 0 bridgehead atoms. The molecule has 0 saturated carbocycles. The molecule has 0 spiro atoms. The zero-order valence-electron chi connectivity index (χ0n) is 14.4. The van der Waals surface area contributed by atoms with E-state index in [0.717, 1.165) is 11.3 Å². The lowest BCUT2D eigenvalue weighted by molar-refractivity contribution is 0.0727. The van der Waals surface area contributed by atoms with Crippen molar-refractivity contribution in [3.05, 3.63) is 65.5 Å². The van der Waals surface area contributed by atoms with Gasteiger partial charge in [0.15, 0.2) is 5.69 Å². The number of nitrogens with zero attached hydrogens (tertiary/aromatic N) is 3. The van der Waals surface area contributed by atoms with Crippen LogP contribution in [0.3, 0.4) is 0 Å². The summed E-state index contributed by atoms with van der Waals surface area (Å²) in [5.41, 5.74) is 2.50. The first-order valence-electron chi connectivity index (χ1n) is 8.03. The molecule has 6 heteroatoms. The lowest BCUT2D eigenvalue weighted by Gasteiger charge is -2.10. The molecular formula is C19H19N3O3. The van der Waals surface area contributed by atoms with Gasteiger partial charge in [0.25, 0.3) is 0 Å². The van der Waals surface area contributed by atoms with Crippen molar-refractivity contribution in [2.75, 3.05) is 6.61 Å². The second kappa shape index (κ2) is 7.17. The SMILES string of the molecule is CCOc1ccccc1-n1nnc(C(=O)Oc2cccc(C)c2)c1C. The minimum absolute atomic E-state index is 0.174. The molecule has 0 amide bonds. The van der Waals surface area contributed by atoms with Crippen LogP contribution in [0.4, 0.5) is 0 Å². The van der Waals surface area contributed by atoms with Gasteiger partial charge >= 0.3 is 5.97 Å². The quantitative estimate of drug-likeness (QED) is 0.526. The van der Waals surface area contributed by atoms with Crippen LogP contribution in [-0.2, 0) is 0 Å². The van der Waals surface area contributed by atoms with Gasteiger partial charge in [-0.3, -0.25) is 0 Å². The maximum atomic E-state index is 12.4. The highest BCUT2D eigenvalue weighted by Crippen LogP contribution is 2.24. The number of rotatable bonds is 5. The third-order valence-electron chi connectivity index (χ3n) is 3.68. The van der Waals surface area contributed by atoms with Crippen LogP contribution in [-0.4, -0.2) is 27.6 Å². The van der Waals surface area contributed by atoms with Gasteiger partial charge in [0.05, 0.1) is 12.3 Å². The van der Waals surface area contributed by atoms with Crippen LogP contribution >= 0.6 is 0 Å². The third kappa shape index (κ3) is 3.52. The van der Waals surface area contributed by atoms with Crippen LogP contribution in [0.2, 0.25) is 0 Å². The Balaban J connectivity index is 1.90. The molecule has 0 aliphatic carbocycles. The van der Waals surface area contributed by atoms with Crippen molar-refractivity contribution in [3.8, 4) is 17.2 Å². The lowest BCUT2D eigenvalue weighted by Crippen LogP contribution is -2.11. The Bertz CT molecular complexity index is 902. The number of carbonyl (C=O) groups excluding carboxylic acids is 1. The number of aromatic nitrogens is 3. The predicted molar refractivity (Wildman–Crippen MR) is 93.4 cm³/mol. The van der Waals surface area contributed by atoms with Gasteiger partial charge in [-0.05, 0) is 50.6 Å². The molecule has 0 N–H and O–H groups in total. The molecule has 0 aliphatic rings. The highest BCUT2D eigenvalue weighted by atomic mass is 16.5. The Morgan fingerprint density at radius 2 is 1.92 bits per heavy atom. The molecule has 0 aliphatic heterocycles. The van der Waals surface area contributed by atoms with Gasteiger partial charge in [0, 0.05) is 0 Å². The van der Waals surface area contributed by atoms with Gasteiger partial charge < -0.3 is 9.47 Å².